The van der Waals surface area contributed by atoms with Crippen LogP contribution in [0.15, 0.2) is 30.3 Å². The van der Waals surface area contributed by atoms with Crippen molar-refractivity contribution in [1.29, 1.82) is 0 Å². The number of para-hydroxylation sites is 1. The standard InChI is InChI=1S/C21H24N2O5S/c1-13(28-17(24)11-6-12-27-14-7-3-2-4-8-14)20(26)23-21-18(19(22)25)15-9-5-10-16(15)29-21/h2-4,7-8,13H,5-6,9-12H2,1H3,(H2,22,25)(H,23,26)/t13-/m1/s1. The molecule has 29 heavy (non-hydrogen) atoms. The van der Waals surface area contributed by atoms with E-state index >= 15 is 0 Å². The minimum atomic E-state index is -0.977. The molecule has 1 aliphatic carbocycles. The third-order valence-electron chi connectivity index (χ3n) is 4.62. The molecule has 7 nitrogen and oxygen atoms in total. The number of anilines is 1. The van der Waals surface area contributed by atoms with Crippen LogP contribution in [0.1, 0.15) is 47.0 Å². The van der Waals surface area contributed by atoms with Crippen LogP contribution in [0.2, 0.25) is 0 Å². The van der Waals surface area contributed by atoms with Crippen molar-refractivity contribution >= 4 is 34.1 Å². The molecule has 1 aromatic heterocycles. The average molecular weight is 416 g/mol. The molecule has 1 aliphatic rings. The fourth-order valence-electron chi connectivity index (χ4n) is 3.20. The van der Waals surface area contributed by atoms with Crippen molar-refractivity contribution in [2.24, 2.45) is 5.73 Å². The first kappa shape index (κ1) is 20.9. The summed E-state index contributed by atoms with van der Waals surface area (Å²) in [4.78, 5) is 37.3. The summed E-state index contributed by atoms with van der Waals surface area (Å²) < 4.78 is 10.7. The second-order valence-electron chi connectivity index (χ2n) is 6.81. The zero-order valence-electron chi connectivity index (χ0n) is 16.2. The maximum absolute atomic E-state index is 12.4. The first-order valence-electron chi connectivity index (χ1n) is 9.58. The molecule has 0 bridgehead atoms. The number of rotatable bonds is 9. The second-order valence-corrected chi connectivity index (χ2v) is 7.92. The Hall–Kier alpha value is -2.87. The molecular weight excluding hydrogens is 392 g/mol. The lowest BCUT2D eigenvalue weighted by Crippen LogP contribution is -2.30. The van der Waals surface area contributed by atoms with Crippen LogP contribution in [0.4, 0.5) is 5.00 Å². The number of fused-ring (bicyclic) bond motifs is 1. The molecule has 0 spiro atoms. The van der Waals surface area contributed by atoms with Crippen molar-refractivity contribution in [2.45, 2.75) is 45.1 Å². The molecule has 1 heterocycles. The fraction of sp³-hybridized carbons (Fsp3) is 0.381. The van der Waals surface area contributed by atoms with E-state index in [2.05, 4.69) is 5.32 Å². The number of carbonyl (C=O) groups excluding carboxylic acids is 3. The van der Waals surface area contributed by atoms with Gasteiger partial charge in [-0.1, -0.05) is 18.2 Å². The van der Waals surface area contributed by atoms with Crippen molar-refractivity contribution in [3.63, 3.8) is 0 Å². The van der Waals surface area contributed by atoms with E-state index in [1.807, 2.05) is 30.3 Å². The van der Waals surface area contributed by atoms with Gasteiger partial charge in [0.15, 0.2) is 6.10 Å². The normalized spacial score (nSPS) is 13.4. The number of carbonyl (C=O) groups is 3. The third kappa shape index (κ3) is 5.35. The molecule has 0 radical (unpaired) electrons. The second kappa shape index (κ2) is 9.56. The molecule has 1 atom stereocenters. The molecule has 0 saturated heterocycles. The third-order valence-corrected chi connectivity index (χ3v) is 5.83. The summed E-state index contributed by atoms with van der Waals surface area (Å²) in [5.74, 6) is -0.779. The van der Waals surface area contributed by atoms with Gasteiger partial charge in [0.25, 0.3) is 11.8 Å². The number of hydrogen-bond acceptors (Lipinski definition) is 6. The van der Waals surface area contributed by atoms with Gasteiger partial charge in [-0.05, 0) is 50.3 Å². The largest absolute Gasteiger partial charge is 0.494 e. The Morgan fingerprint density at radius 2 is 1.97 bits per heavy atom. The Kier molecular flexibility index (Phi) is 6.87. The lowest BCUT2D eigenvalue weighted by Gasteiger charge is -2.14. The zero-order chi connectivity index (χ0) is 20.8. The summed E-state index contributed by atoms with van der Waals surface area (Å²) in [6, 6.07) is 9.32. The topological polar surface area (TPSA) is 108 Å². The summed E-state index contributed by atoms with van der Waals surface area (Å²) in [6.45, 7) is 1.88. The van der Waals surface area contributed by atoms with Gasteiger partial charge < -0.3 is 20.5 Å². The van der Waals surface area contributed by atoms with Gasteiger partial charge in [-0.15, -0.1) is 11.3 Å². The molecular formula is C21H24N2O5S. The van der Waals surface area contributed by atoms with Gasteiger partial charge in [-0.25, -0.2) is 0 Å². The first-order valence-corrected chi connectivity index (χ1v) is 10.4. The van der Waals surface area contributed by atoms with Gasteiger partial charge in [0.05, 0.1) is 12.2 Å². The van der Waals surface area contributed by atoms with E-state index in [0.717, 1.165) is 35.5 Å². The lowest BCUT2D eigenvalue weighted by molar-refractivity contribution is -0.153. The number of primary amides is 1. The average Bonchev–Trinajstić information content (AvgIpc) is 3.26. The SMILES string of the molecule is C[C@@H](OC(=O)CCCOc1ccccc1)C(=O)Nc1sc2c(c1C(N)=O)CCC2. The molecule has 8 heteroatoms. The van der Waals surface area contributed by atoms with E-state index < -0.39 is 23.9 Å². The molecule has 154 valence electrons. The number of nitrogens with two attached hydrogens (primary N) is 1. The highest BCUT2D eigenvalue weighted by Gasteiger charge is 2.27. The quantitative estimate of drug-likeness (QED) is 0.482. The van der Waals surface area contributed by atoms with E-state index in [1.54, 1.807) is 0 Å². The summed E-state index contributed by atoms with van der Waals surface area (Å²) in [7, 11) is 0. The molecule has 0 saturated carbocycles. The Bertz CT molecular complexity index is 894. The number of thiophene rings is 1. The molecule has 3 N–H and O–H groups in total. The van der Waals surface area contributed by atoms with Crippen LogP contribution in [-0.2, 0) is 27.2 Å². The Labute approximate surface area is 173 Å². The van der Waals surface area contributed by atoms with E-state index in [-0.39, 0.29) is 6.42 Å². The maximum Gasteiger partial charge on any atom is 0.306 e. The van der Waals surface area contributed by atoms with Crippen LogP contribution in [-0.4, -0.2) is 30.5 Å². The van der Waals surface area contributed by atoms with E-state index in [9.17, 15) is 14.4 Å². The minimum Gasteiger partial charge on any atom is -0.494 e. The monoisotopic (exact) mass is 416 g/mol. The predicted molar refractivity (Wildman–Crippen MR) is 110 cm³/mol. The summed E-state index contributed by atoms with van der Waals surface area (Å²) in [5, 5.41) is 3.13. The van der Waals surface area contributed by atoms with E-state index in [4.69, 9.17) is 15.2 Å². The Morgan fingerprint density at radius 3 is 2.69 bits per heavy atom. The number of hydrogen-bond donors (Lipinski definition) is 2. The highest BCUT2D eigenvalue weighted by Crippen LogP contribution is 2.38. The molecule has 0 unspecified atom stereocenters. The highest BCUT2D eigenvalue weighted by molar-refractivity contribution is 7.17. The van der Waals surface area contributed by atoms with Crippen LogP contribution in [0.5, 0.6) is 5.75 Å². The van der Waals surface area contributed by atoms with Crippen LogP contribution in [0.3, 0.4) is 0 Å². The lowest BCUT2D eigenvalue weighted by atomic mass is 10.1. The van der Waals surface area contributed by atoms with Crippen LogP contribution < -0.4 is 15.8 Å². The van der Waals surface area contributed by atoms with Crippen molar-refractivity contribution in [3.8, 4) is 5.75 Å². The molecule has 0 fully saturated rings. The van der Waals surface area contributed by atoms with Crippen LogP contribution >= 0.6 is 11.3 Å². The smallest absolute Gasteiger partial charge is 0.306 e. The van der Waals surface area contributed by atoms with E-state index in [0.29, 0.717) is 23.6 Å². The molecule has 0 aliphatic heterocycles. The Balaban J connectivity index is 1.46. The Morgan fingerprint density at radius 1 is 1.21 bits per heavy atom. The van der Waals surface area contributed by atoms with Crippen molar-refractivity contribution in [3.05, 3.63) is 46.3 Å². The number of esters is 1. The van der Waals surface area contributed by atoms with Gasteiger partial charge in [0, 0.05) is 11.3 Å². The summed E-state index contributed by atoms with van der Waals surface area (Å²) in [6.07, 6.45) is 2.30. The summed E-state index contributed by atoms with van der Waals surface area (Å²) >= 11 is 1.37. The first-order chi connectivity index (χ1) is 14.0. The molecule has 1 aromatic carbocycles. The molecule has 3 rings (SSSR count). The molecule has 2 amide bonds. The van der Waals surface area contributed by atoms with Gasteiger partial charge in [0.1, 0.15) is 10.8 Å². The van der Waals surface area contributed by atoms with Gasteiger partial charge in [-0.2, -0.15) is 0 Å². The van der Waals surface area contributed by atoms with Crippen LogP contribution in [0.25, 0.3) is 0 Å². The fourth-order valence-corrected chi connectivity index (χ4v) is 4.50. The summed E-state index contributed by atoms with van der Waals surface area (Å²) in [5.41, 5.74) is 6.81. The number of nitrogens with one attached hydrogen (secondary N) is 1. The predicted octanol–water partition coefficient (Wildman–Crippen LogP) is 3.07. The van der Waals surface area contributed by atoms with E-state index in [1.165, 1.54) is 18.3 Å². The number of amides is 2. The highest BCUT2D eigenvalue weighted by atomic mass is 32.1. The maximum atomic E-state index is 12.4. The number of aryl methyl sites for hydroxylation is 1. The number of benzene rings is 1. The van der Waals surface area contributed by atoms with Crippen LogP contribution in [0, 0.1) is 0 Å². The molecule has 2 aromatic rings. The zero-order valence-corrected chi connectivity index (χ0v) is 17.1. The van der Waals surface area contributed by atoms with Crippen molar-refractivity contribution < 1.29 is 23.9 Å². The number of ether oxygens (including phenoxy) is 2. The minimum absolute atomic E-state index is 0.143. The van der Waals surface area contributed by atoms with Gasteiger partial charge >= 0.3 is 5.97 Å². The van der Waals surface area contributed by atoms with Gasteiger partial charge in [-0.3, -0.25) is 14.4 Å². The van der Waals surface area contributed by atoms with Crippen molar-refractivity contribution in [2.75, 3.05) is 11.9 Å². The van der Waals surface area contributed by atoms with Crippen molar-refractivity contribution in [1.82, 2.24) is 0 Å². The van der Waals surface area contributed by atoms with Gasteiger partial charge in [0.2, 0.25) is 0 Å².